The number of aliphatic carboxylic acids is 1. The molecule has 0 aliphatic heterocycles. The topological polar surface area (TPSA) is 37.3 Å². The van der Waals surface area contributed by atoms with Crippen molar-refractivity contribution >= 4 is 12.0 Å². The summed E-state index contributed by atoms with van der Waals surface area (Å²) in [6.45, 7) is 0. The van der Waals surface area contributed by atoms with Crippen molar-refractivity contribution in [2.24, 2.45) is 0 Å². The zero-order valence-electron chi connectivity index (χ0n) is 17.1. The van der Waals surface area contributed by atoms with Gasteiger partial charge in [0.05, 0.1) is 5.57 Å². The summed E-state index contributed by atoms with van der Waals surface area (Å²) in [5, 5.41) is 8.76. The molecule has 1 unspecified atom stereocenters. The van der Waals surface area contributed by atoms with Crippen LogP contribution in [0.4, 0.5) is 70.2 Å². The van der Waals surface area contributed by atoms with E-state index in [-0.39, 0.29) is 11.6 Å². The van der Waals surface area contributed by atoms with Crippen molar-refractivity contribution in [2.45, 2.75) is 47.9 Å². The van der Waals surface area contributed by atoms with Crippen molar-refractivity contribution in [3.63, 3.8) is 0 Å². The summed E-state index contributed by atoms with van der Waals surface area (Å²) < 4.78 is 212. The van der Waals surface area contributed by atoms with E-state index < -0.39 is 59.4 Å². The summed E-state index contributed by atoms with van der Waals surface area (Å²) in [7, 11) is 0. The fourth-order valence-corrected chi connectivity index (χ4v) is 2.42. The molecule has 2 nitrogen and oxygen atoms in total. The van der Waals surface area contributed by atoms with Crippen LogP contribution in [-0.2, 0) is 4.79 Å². The van der Waals surface area contributed by atoms with Crippen molar-refractivity contribution < 1.29 is 80.1 Å². The van der Waals surface area contributed by atoms with Crippen LogP contribution in [0.5, 0.6) is 0 Å². The molecule has 1 aromatic rings. The van der Waals surface area contributed by atoms with Gasteiger partial charge in [0.15, 0.2) is 0 Å². The number of hydrogen-bond acceptors (Lipinski definition) is 1. The van der Waals surface area contributed by atoms with Gasteiger partial charge < -0.3 is 5.11 Å². The third kappa shape index (κ3) is 5.10. The highest BCUT2D eigenvalue weighted by molar-refractivity contribution is 5.88. The van der Waals surface area contributed by atoms with Crippen LogP contribution >= 0.6 is 0 Å². The van der Waals surface area contributed by atoms with E-state index in [0.717, 1.165) is 6.08 Å². The molecule has 1 atom stereocenters. The van der Waals surface area contributed by atoms with Crippen LogP contribution < -0.4 is 0 Å². The predicted molar refractivity (Wildman–Crippen MR) is 91.8 cm³/mol. The Hall–Kier alpha value is -2.95. The van der Waals surface area contributed by atoms with E-state index in [1.165, 1.54) is 30.3 Å². The lowest BCUT2D eigenvalue weighted by molar-refractivity contribution is -0.454. The number of carboxylic acids is 1. The Bertz CT molecular complexity index is 1020. The first-order chi connectivity index (χ1) is 16.3. The summed E-state index contributed by atoms with van der Waals surface area (Å²) in [5.41, 5.74) is -2.40. The van der Waals surface area contributed by atoms with Crippen molar-refractivity contribution in [1.29, 1.82) is 0 Å². The van der Waals surface area contributed by atoms with Gasteiger partial charge in [-0.15, -0.1) is 0 Å². The van der Waals surface area contributed by atoms with Crippen molar-refractivity contribution in [3.8, 4) is 0 Å². The number of alkyl halides is 16. The number of rotatable bonds is 10. The lowest BCUT2D eigenvalue weighted by Crippen LogP contribution is -2.73. The van der Waals surface area contributed by atoms with E-state index in [4.69, 9.17) is 5.11 Å². The van der Waals surface area contributed by atoms with Crippen LogP contribution in [0.1, 0.15) is 5.56 Å². The van der Waals surface area contributed by atoms with E-state index in [2.05, 4.69) is 0 Å². The smallest absolute Gasteiger partial charge is 0.460 e. The lowest BCUT2D eigenvalue weighted by atomic mass is 9.88. The Morgan fingerprint density at radius 2 is 1.08 bits per heavy atom. The minimum absolute atomic E-state index is 0.134. The number of hydrogen-bond donors (Lipinski definition) is 1. The van der Waals surface area contributed by atoms with Crippen LogP contribution in [0.25, 0.3) is 6.08 Å². The maximum atomic E-state index is 14.1. The summed E-state index contributed by atoms with van der Waals surface area (Å²) >= 11 is 0. The van der Waals surface area contributed by atoms with Gasteiger partial charge in [-0.2, -0.15) is 65.9 Å². The zero-order valence-corrected chi connectivity index (χ0v) is 17.1. The minimum Gasteiger partial charge on any atom is -0.478 e. The summed E-state index contributed by atoms with van der Waals surface area (Å²) in [5.74, 6) is -52.2. The van der Waals surface area contributed by atoms with Gasteiger partial charge in [-0.3, -0.25) is 0 Å². The Morgan fingerprint density at radius 1 is 0.676 bits per heavy atom. The molecule has 18 heteroatoms. The molecule has 0 fully saturated rings. The summed E-state index contributed by atoms with van der Waals surface area (Å²) in [6, 6.07) is 6.68. The Labute approximate surface area is 194 Å². The maximum Gasteiger partial charge on any atom is 0.460 e. The van der Waals surface area contributed by atoms with Crippen molar-refractivity contribution in [3.05, 3.63) is 53.6 Å². The third-order valence-corrected chi connectivity index (χ3v) is 4.55. The molecule has 0 amide bonds. The molecule has 0 spiro atoms. The van der Waals surface area contributed by atoms with Crippen LogP contribution in [-0.4, -0.2) is 59.0 Å². The summed E-state index contributed by atoms with van der Waals surface area (Å²) in [4.78, 5) is 11.0. The molecule has 37 heavy (non-hydrogen) atoms. The molecule has 0 heterocycles. The van der Waals surface area contributed by atoms with Gasteiger partial charge in [0.1, 0.15) is 0 Å². The zero-order chi connectivity index (χ0) is 29.5. The Kier molecular flexibility index (Phi) is 8.44. The van der Waals surface area contributed by atoms with Gasteiger partial charge in [-0.25, -0.2) is 9.18 Å². The summed E-state index contributed by atoms with van der Waals surface area (Å²) in [6.07, 6.45) is -12.0. The largest absolute Gasteiger partial charge is 0.478 e. The first-order valence-electron chi connectivity index (χ1n) is 8.96. The van der Waals surface area contributed by atoms with E-state index in [9.17, 15) is 75.0 Å². The van der Waals surface area contributed by atoms with Crippen LogP contribution in [0, 0.1) is 0 Å². The molecular weight excluding hydrogens is 564 g/mol. The number of carboxylic acid groups (broad SMARTS) is 1. The van der Waals surface area contributed by atoms with Crippen LogP contribution in [0.2, 0.25) is 0 Å². The van der Waals surface area contributed by atoms with Gasteiger partial charge in [-0.1, -0.05) is 42.5 Å². The molecule has 0 saturated heterocycles. The molecule has 0 aromatic heterocycles. The molecule has 0 saturated carbocycles. The van der Waals surface area contributed by atoms with Crippen LogP contribution in [0.15, 0.2) is 48.1 Å². The third-order valence-electron chi connectivity index (χ3n) is 4.55. The van der Waals surface area contributed by atoms with Crippen molar-refractivity contribution in [2.75, 3.05) is 0 Å². The number of allylic oxidation sites excluding steroid dienone is 2. The van der Waals surface area contributed by atoms with Gasteiger partial charge in [0, 0.05) is 0 Å². The number of carbonyl (C=O) groups is 1. The second kappa shape index (κ2) is 9.74. The first kappa shape index (κ1) is 32.1. The van der Waals surface area contributed by atoms with E-state index in [1.807, 2.05) is 0 Å². The Balaban J connectivity index is 3.59. The molecule has 0 aliphatic rings. The average molecular weight is 574 g/mol. The second-order valence-corrected chi connectivity index (χ2v) is 7.05. The SMILES string of the molecule is O=C(O)C(=CC=Cc1ccccc1)C(F)C(F)(F)C(F)(F)C(F)(F)C(F)(F)C(F)(F)C(F)(F)C(F)(F)F. The van der Waals surface area contributed by atoms with Gasteiger partial charge >= 0.3 is 47.7 Å². The molecular formula is C19H10F16O2. The quantitative estimate of drug-likeness (QED) is 0.180. The standard InChI is InChI=1S/C19H10F16O2/c20-11(10(12(36)37)8-4-7-9-5-2-1-3-6-9)13(21,22)14(23,24)15(25,26)16(27,28)17(29,30)18(31,32)19(33,34)35/h1-8,11H,(H,36,37). The normalized spacial score (nSPS) is 16.3. The van der Waals surface area contributed by atoms with Crippen molar-refractivity contribution in [1.82, 2.24) is 0 Å². The predicted octanol–water partition coefficient (Wildman–Crippen LogP) is 7.42. The molecule has 1 rings (SSSR count). The highest BCUT2D eigenvalue weighted by Crippen LogP contribution is 2.63. The maximum absolute atomic E-state index is 14.1. The van der Waals surface area contributed by atoms with E-state index >= 15 is 0 Å². The molecule has 0 aliphatic carbocycles. The van der Waals surface area contributed by atoms with Gasteiger partial charge in [0.25, 0.3) is 0 Å². The van der Waals surface area contributed by atoms with E-state index in [0.29, 0.717) is 6.08 Å². The van der Waals surface area contributed by atoms with Gasteiger partial charge in [0.2, 0.25) is 6.17 Å². The number of benzene rings is 1. The highest BCUT2D eigenvalue weighted by atomic mass is 19.4. The Morgan fingerprint density at radius 3 is 1.49 bits per heavy atom. The van der Waals surface area contributed by atoms with Crippen LogP contribution in [0.3, 0.4) is 0 Å². The van der Waals surface area contributed by atoms with E-state index in [1.54, 1.807) is 0 Å². The fraction of sp³-hybridized carbons (Fsp3) is 0.421. The fourth-order valence-electron chi connectivity index (χ4n) is 2.42. The highest BCUT2D eigenvalue weighted by Gasteiger charge is 2.94. The second-order valence-electron chi connectivity index (χ2n) is 7.05. The molecule has 1 aromatic carbocycles. The average Bonchev–Trinajstić information content (AvgIpc) is 2.75. The lowest BCUT2D eigenvalue weighted by Gasteiger charge is -2.42. The molecule has 1 N–H and O–H groups in total. The monoisotopic (exact) mass is 574 g/mol. The van der Waals surface area contributed by atoms with Gasteiger partial charge in [-0.05, 0) is 11.6 Å². The first-order valence-corrected chi connectivity index (χ1v) is 8.96. The number of halogens is 16. The molecule has 0 radical (unpaired) electrons. The molecule has 0 bridgehead atoms. The molecule has 210 valence electrons. The minimum atomic E-state index is -8.61.